The average Bonchev–Trinajstić information content (AvgIpc) is 3.45. The molecule has 0 unspecified atom stereocenters. The van der Waals surface area contributed by atoms with Gasteiger partial charge in [-0.15, -0.1) is 0 Å². The van der Waals surface area contributed by atoms with Gasteiger partial charge in [0.05, 0.1) is 5.56 Å². The van der Waals surface area contributed by atoms with Gasteiger partial charge in [-0.2, -0.15) is 13.2 Å². The first-order valence-electron chi connectivity index (χ1n) is 13.4. The molecule has 0 radical (unpaired) electrons. The average molecular weight is 587 g/mol. The highest BCUT2D eigenvalue weighted by molar-refractivity contribution is 6.30. The summed E-state index contributed by atoms with van der Waals surface area (Å²) >= 11 is 6.07. The zero-order valence-corrected chi connectivity index (χ0v) is 22.9. The van der Waals surface area contributed by atoms with E-state index in [0.29, 0.717) is 16.4 Å². The van der Waals surface area contributed by atoms with E-state index in [-0.39, 0.29) is 36.9 Å². The summed E-state index contributed by atoms with van der Waals surface area (Å²) in [4.78, 5) is 45.0. The normalized spacial score (nSPS) is 14.3. The van der Waals surface area contributed by atoms with E-state index in [0.717, 1.165) is 42.7 Å². The molecule has 1 saturated carbocycles. The smallest absolute Gasteiger partial charge is 0.351 e. The first kappa shape index (κ1) is 30.0. The number of amides is 3. The van der Waals surface area contributed by atoms with E-state index in [1.54, 1.807) is 42.5 Å². The Balaban J connectivity index is 1.63. The minimum Gasteiger partial charge on any atom is -0.351 e. The molecule has 3 amide bonds. The maximum atomic E-state index is 13.8. The van der Waals surface area contributed by atoms with E-state index in [1.165, 1.54) is 18.3 Å². The van der Waals surface area contributed by atoms with Crippen molar-refractivity contribution in [2.75, 3.05) is 10.2 Å². The Bertz CT molecular complexity index is 1350. The van der Waals surface area contributed by atoms with Crippen LogP contribution in [0.2, 0.25) is 5.02 Å². The second-order valence-electron chi connectivity index (χ2n) is 9.87. The molecule has 0 saturated heterocycles. The molecule has 1 aliphatic rings. The first-order chi connectivity index (χ1) is 19.6. The fraction of sp³-hybridized carbons (Fsp3) is 0.333. The Morgan fingerprint density at radius 1 is 0.976 bits per heavy atom. The summed E-state index contributed by atoms with van der Waals surface area (Å²) in [7, 11) is 0. The lowest BCUT2D eigenvalue weighted by atomic mass is 10.0. The molecule has 7 nitrogen and oxygen atoms in total. The van der Waals surface area contributed by atoms with Crippen LogP contribution >= 0.6 is 11.6 Å². The number of nitrogens with zero attached hydrogens (tertiary/aromatic N) is 2. The van der Waals surface area contributed by atoms with E-state index in [4.69, 9.17) is 11.6 Å². The number of carbonyl (C=O) groups is 3. The molecule has 4 rings (SSSR count). The molecule has 1 heterocycles. The minimum atomic E-state index is -4.66. The van der Waals surface area contributed by atoms with E-state index >= 15 is 0 Å². The van der Waals surface area contributed by atoms with Crippen molar-refractivity contribution in [2.24, 2.45) is 0 Å². The minimum absolute atomic E-state index is 0.0291. The van der Waals surface area contributed by atoms with Crippen molar-refractivity contribution >= 4 is 40.8 Å². The fourth-order valence-corrected chi connectivity index (χ4v) is 4.97. The SMILES string of the molecule is O=C(CCCC(=O)N(c1cccc(C(F)(F)F)c1)[C@H](C(=O)NC1CCCC1)c1ccc(Cl)cc1)Nc1ccccn1. The van der Waals surface area contributed by atoms with Crippen molar-refractivity contribution in [1.82, 2.24) is 10.3 Å². The van der Waals surface area contributed by atoms with Crippen LogP contribution in [0.5, 0.6) is 0 Å². The van der Waals surface area contributed by atoms with E-state index in [1.807, 2.05) is 0 Å². The van der Waals surface area contributed by atoms with Gasteiger partial charge in [0.2, 0.25) is 17.7 Å². The second-order valence-corrected chi connectivity index (χ2v) is 10.3. The number of aromatic nitrogens is 1. The number of carbonyl (C=O) groups excluding carboxylic acids is 3. The molecule has 1 fully saturated rings. The third kappa shape index (κ3) is 8.29. The van der Waals surface area contributed by atoms with E-state index in [2.05, 4.69) is 15.6 Å². The monoisotopic (exact) mass is 586 g/mol. The fourth-order valence-electron chi connectivity index (χ4n) is 4.84. The lowest BCUT2D eigenvalue weighted by Crippen LogP contribution is -2.46. The molecule has 1 atom stereocenters. The number of nitrogens with one attached hydrogen (secondary N) is 2. The van der Waals surface area contributed by atoms with Crippen LogP contribution in [0, 0.1) is 0 Å². The van der Waals surface area contributed by atoms with Crippen LogP contribution < -0.4 is 15.5 Å². The zero-order chi connectivity index (χ0) is 29.4. The van der Waals surface area contributed by atoms with Gasteiger partial charge in [-0.1, -0.05) is 48.7 Å². The van der Waals surface area contributed by atoms with Gasteiger partial charge in [-0.3, -0.25) is 19.3 Å². The predicted octanol–water partition coefficient (Wildman–Crippen LogP) is 6.70. The highest BCUT2D eigenvalue weighted by Crippen LogP contribution is 2.35. The van der Waals surface area contributed by atoms with Gasteiger partial charge in [0.15, 0.2) is 0 Å². The lowest BCUT2D eigenvalue weighted by molar-refractivity contribution is -0.137. The Hall–Kier alpha value is -3.92. The summed E-state index contributed by atoms with van der Waals surface area (Å²) in [6, 6.07) is 14.3. The number of hydrogen-bond acceptors (Lipinski definition) is 4. The van der Waals surface area contributed by atoms with Crippen LogP contribution in [0.15, 0.2) is 72.9 Å². The number of rotatable bonds is 10. The molecule has 0 spiro atoms. The largest absolute Gasteiger partial charge is 0.416 e. The van der Waals surface area contributed by atoms with Crippen LogP contribution in [0.1, 0.15) is 62.1 Å². The van der Waals surface area contributed by atoms with Crippen molar-refractivity contribution in [3.8, 4) is 0 Å². The van der Waals surface area contributed by atoms with Gasteiger partial charge in [0, 0.05) is 35.8 Å². The maximum absolute atomic E-state index is 13.8. The van der Waals surface area contributed by atoms with Crippen LogP contribution in [-0.2, 0) is 20.6 Å². The predicted molar refractivity (Wildman–Crippen MR) is 150 cm³/mol. The third-order valence-corrected chi connectivity index (χ3v) is 7.09. The summed E-state index contributed by atoms with van der Waals surface area (Å²) in [5, 5.41) is 6.02. The molecular formula is C30H30ClF3N4O3. The summed E-state index contributed by atoms with van der Waals surface area (Å²) in [6.45, 7) is 0. The lowest BCUT2D eigenvalue weighted by Gasteiger charge is -2.33. The number of hydrogen-bond donors (Lipinski definition) is 2. The Morgan fingerprint density at radius 3 is 2.37 bits per heavy atom. The Labute approximate surface area is 241 Å². The van der Waals surface area contributed by atoms with Crippen molar-refractivity contribution in [3.63, 3.8) is 0 Å². The maximum Gasteiger partial charge on any atom is 0.416 e. The Kier molecular flexibility index (Phi) is 9.99. The summed E-state index contributed by atoms with van der Waals surface area (Å²) in [5.74, 6) is -1.11. The van der Waals surface area contributed by atoms with Gasteiger partial charge in [-0.05, 0) is 67.3 Å². The molecule has 41 heavy (non-hydrogen) atoms. The van der Waals surface area contributed by atoms with Gasteiger partial charge < -0.3 is 10.6 Å². The molecule has 2 N–H and O–H groups in total. The highest BCUT2D eigenvalue weighted by atomic mass is 35.5. The second kappa shape index (κ2) is 13.6. The number of anilines is 2. The van der Waals surface area contributed by atoms with Crippen molar-refractivity contribution < 1.29 is 27.6 Å². The van der Waals surface area contributed by atoms with Gasteiger partial charge in [0.25, 0.3) is 0 Å². The van der Waals surface area contributed by atoms with Gasteiger partial charge in [-0.25, -0.2) is 4.98 Å². The Morgan fingerprint density at radius 2 is 1.71 bits per heavy atom. The summed E-state index contributed by atoms with van der Waals surface area (Å²) in [6.07, 6.45) is 0.219. The summed E-state index contributed by atoms with van der Waals surface area (Å²) in [5.41, 5.74) is -0.638. The van der Waals surface area contributed by atoms with Crippen molar-refractivity contribution in [3.05, 3.63) is 89.1 Å². The number of halogens is 4. The van der Waals surface area contributed by atoms with Crippen LogP contribution in [-0.4, -0.2) is 28.7 Å². The van der Waals surface area contributed by atoms with Gasteiger partial charge in [0.1, 0.15) is 11.9 Å². The van der Waals surface area contributed by atoms with E-state index in [9.17, 15) is 27.6 Å². The van der Waals surface area contributed by atoms with E-state index < -0.39 is 29.6 Å². The molecule has 2 aromatic carbocycles. The standard InChI is InChI=1S/C30H30ClF3N4O3/c31-22-16-14-20(15-17-22)28(29(41)36-23-8-1-2-9-23)38(24-10-5-7-21(19-24)30(32,33)34)27(40)13-6-12-26(39)37-25-11-3-4-18-35-25/h3-5,7,10-11,14-19,23,28H,1-2,6,8-9,12-13H2,(H,36,41)(H,35,37,39)/t28-/m0/s1. The highest BCUT2D eigenvalue weighted by Gasteiger charge is 2.36. The molecule has 1 aliphatic carbocycles. The first-order valence-corrected chi connectivity index (χ1v) is 13.8. The summed E-state index contributed by atoms with van der Waals surface area (Å²) < 4.78 is 41.0. The number of pyridine rings is 1. The number of alkyl halides is 3. The third-order valence-electron chi connectivity index (χ3n) is 6.84. The number of benzene rings is 2. The molecule has 216 valence electrons. The van der Waals surface area contributed by atoms with Crippen LogP contribution in [0.25, 0.3) is 0 Å². The van der Waals surface area contributed by atoms with Crippen molar-refractivity contribution in [1.29, 1.82) is 0 Å². The topological polar surface area (TPSA) is 91.4 Å². The van der Waals surface area contributed by atoms with Gasteiger partial charge >= 0.3 is 6.18 Å². The van der Waals surface area contributed by atoms with Crippen LogP contribution in [0.4, 0.5) is 24.7 Å². The van der Waals surface area contributed by atoms with Crippen LogP contribution in [0.3, 0.4) is 0 Å². The van der Waals surface area contributed by atoms with Crippen molar-refractivity contribution in [2.45, 2.75) is 63.2 Å². The molecule has 0 aliphatic heterocycles. The molecule has 11 heteroatoms. The zero-order valence-electron chi connectivity index (χ0n) is 22.2. The molecular weight excluding hydrogens is 557 g/mol. The molecule has 3 aromatic rings. The molecule has 0 bridgehead atoms. The quantitative estimate of drug-likeness (QED) is 0.277. The molecule has 1 aromatic heterocycles.